The predicted octanol–water partition coefficient (Wildman–Crippen LogP) is 3.92. The Morgan fingerprint density at radius 3 is 2.27 bits per heavy atom. The van der Waals surface area contributed by atoms with E-state index in [2.05, 4.69) is 53.9 Å². The van der Waals surface area contributed by atoms with Gasteiger partial charge < -0.3 is 0 Å². The third kappa shape index (κ3) is 2.04. The fourth-order valence-corrected chi connectivity index (χ4v) is 9.53. The molecule has 0 aromatic rings. The Balaban J connectivity index is 2.72. The summed E-state index contributed by atoms with van der Waals surface area (Å²) in [7, 11) is 3.80. The van der Waals surface area contributed by atoms with E-state index in [9.17, 15) is 0 Å². The lowest BCUT2D eigenvalue weighted by atomic mass is 10.1. The van der Waals surface area contributed by atoms with Gasteiger partial charge in [0.15, 0.2) is 0 Å². The second-order valence-electron chi connectivity index (χ2n) is 4.17. The van der Waals surface area contributed by atoms with Gasteiger partial charge in [0.1, 0.15) is 0 Å². The van der Waals surface area contributed by atoms with Crippen LogP contribution in [0.4, 0.5) is 0 Å². The molecule has 68 valence electrons. The molecule has 0 aliphatic carbocycles. The molecule has 0 radical (unpaired) electrons. The normalized spacial score (nSPS) is 38.1. The van der Waals surface area contributed by atoms with E-state index in [1.54, 1.807) is 0 Å². The molecule has 0 N–H and O–H groups in total. The average molecular weight is 210 g/mol. The molecule has 3 heteroatoms. The maximum atomic E-state index is 2.44. The van der Waals surface area contributed by atoms with Crippen molar-refractivity contribution >= 4 is 29.7 Å². The van der Waals surface area contributed by atoms with E-state index < -0.39 is 9.06 Å². The molecule has 1 aliphatic rings. The van der Waals surface area contributed by atoms with E-state index in [4.69, 9.17) is 0 Å². The van der Waals surface area contributed by atoms with Gasteiger partial charge in [0, 0.05) is 10.00 Å². The Labute approximate surface area is 79.4 Å². The third-order valence-electron chi connectivity index (χ3n) is 2.48. The topological polar surface area (TPSA) is 0 Å². The zero-order valence-electron chi connectivity index (χ0n) is 8.01. The molecule has 1 atom stereocenters. The summed E-state index contributed by atoms with van der Waals surface area (Å²) in [6, 6.07) is 0. The van der Waals surface area contributed by atoms with Crippen LogP contribution in [-0.2, 0) is 0 Å². The summed E-state index contributed by atoms with van der Waals surface area (Å²) in [6.07, 6.45) is 6.26. The van der Waals surface area contributed by atoms with Crippen molar-refractivity contribution in [1.82, 2.24) is 0 Å². The first kappa shape index (κ1) is 10.1. The molecule has 11 heavy (non-hydrogen) atoms. The van der Waals surface area contributed by atoms with Crippen molar-refractivity contribution in [2.45, 2.75) is 37.2 Å². The summed E-state index contributed by atoms with van der Waals surface area (Å²) in [5.74, 6) is 0. The van der Waals surface area contributed by atoms with Gasteiger partial charge in [-0.05, 0) is 28.8 Å². The van der Waals surface area contributed by atoms with Crippen LogP contribution in [0.3, 0.4) is 0 Å². The van der Waals surface area contributed by atoms with Crippen molar-refractivity contribution in [1.29, 1.82) is 0 Å². The SMILES string of the molecule is CC1CC(C)(C)S(C)(C)SS1. The Hall–Kier alpha value is 1.05. The summed E-state index contributed by atoms with van der Waals surface area (Å²) >= 11 is 0. The van der Waals surface area contributed by atoms with Crippen LogP contribution in [0, 0.1) is 0 Å². The summed E-state index contributed by atoms with van der Waals surface area (Å²) in [6.45, 7) is 7.19. The van der Waals surface area contributed by atoms with Crippen LogP contribution in [0.25, 0.3) is 0 Å². The van der Waals surface area contributed by atoms with Gasteiger partial charge in [-0.25, -0.2) is 0 Å². The van der Waals surface area contributed by atoms with Gasteiger partial charge in [-0.2, -0.15) is 9.06 Å². The molecule has 1 unspecified atom stereocenters. The average Bonchev–Trinajstić information content (AvgIpc) is 1.80. The lowest BCUT2D eigenvalue weighted by Gasteiger charge is -2.50. The first-order valence-electron chi connectivity index (χ1n) is 3.93. The Bertz CT molecular complexity index is 151. The molecular weight excluding hydrogens is 192 g/mol. The van der Waals surface area contributed by atoms with E-state index in [-0.39, 0.29) is 0 Å². The standard InChI is InChI=1S/C8H18S3/c1-7-6-8(2,3)11(4,5)10-9-7/h7H,6H2,1-5H3. The van der Waals surface area contributed by atoms with Gasteiger partial charge in [-0.1, -0.05) is 31.6 Å². The van der Waals surface area contributed by atoms with E-state index in [1.165, 1.54) is 6.42 Å². The van der Waals surface area contributed by atoms with E-state index in [1.807, 2.05) is 0 Å². The minimum atomic E-state index is -0.414. The van der Waals surface area contributed by atoms with Crippen molar-refractivity contribution in [3.8, 4) is 0 Å². The zero-order valence-corrected chi connectivity index (χ0v) is 10.5. The monoisotopic (exact) mass is 210 g/mol. The maximum Gasteiger partial charge on any atom is 0.0143 e. The van der Waals surface area contributed by atoms with E-state index >= 15 is 0 Å². The highest BCUT2D eigenvalue weighted by molar-refractivity contribution is 9.19. The van der Waals surface area contributed by atoms with Crippen LogP contribution in [-0.4, -0.2) is 22.5 Å². The van der Waals surface area contributed by atoms with Crippen LogP contribution in [0.2, 0.25) is 0 Å². The first-order chi connectivity index (χ1) is 4.85. The van der Waals surface area contributed by atoms with Crippen molar-refractivity contribution in [2.24, 2.45) is 0 Å². The van der Waals surface area contributed by atoms with Crippen molar-refractivity contribution in [2.75, 3.05) is 12.5 Å². The second kappa shape index (κ2) is 3.08. The van der Waals surface area contributed by atoms with Gasteiger partial charge in [0.05, 0.1) is 0 Å². The molecule has 0 spiro atoms. The zero-order chi connectivity index (χ0) is 8.70. The molecule has 0 nitrogen and oxygen atoms in total. The Morgan fingerprint density at radius 1 is 1.36 bits per heavy atom. The number of hydrogen-bond donors (Lipinski definition) is 0. The number of hydrogen-bond acceptors (Lipinski definition) is 2. The molecule has 1 rings (SSSR count). The van der Waals surface area contributed by atoms with Gasteiger partial charge in [0.2, 0.25) is 0 Å². The summed E-state index contributed by atoms with van der Waals surface area (Å²) in [5.41, 5.74) is 0. The molecule has 0 amide bonds. The molecule has 1 fully saturated rings. The highest BCUT2D eigenvalue weighted by Gasteiger charge is 2.39. The van der Waals surface area contributed by atoms with Crippen LogP contribution >= 0.6 is 29.7 Å². The summed E-state index contributed by atoms with van der Waals surface area (Å²) in [5, 5.41) is 0.843. The molecule has 0 bridgehead atoms. The lowest BCUT2D eigenvalue weighted by molar-refractivity contribution is 0.632. The van der Waals surface area contributed by atoms with Crippen LogP contribution in [0.15, 0.2) is 0 Å². The highest BCUT2D eigenvalue weighted by Crippen LogP contribution is 2.73. The van der Waals surface area contributed by atoms with Crippen LogP contribution in [0.1, 0.15) is 27.2 Å². The summed E-state index contributed by atoms with van der Waals surface area (Å²) < 4.78 is 0.572. The Kier molecular flexibility index (Phi) is 2.83. The van der Waals surface area contributed by atoms with Crippen molar-refractivity contribution < 1.29 is 0 Å². The smallest absolute Gasteiger partial charge is 0.0143 e. The van der Waals surface area contributed by atoms with Crippen LogP contribution < -0.4 is 0 Å². The van der Waals surface area contributed by atoms with Crippen molar-refractivity contribution in [3.05, 3.63) is 0 Å². The fourth-order valence-electron chi connectivity index (χ4n) is 1.18. The minimum absolute atomic E-state index is 0.414. The lowest BCUT2D eigenvalue weighted by Crippen LogP contribution is -2.31. The quantitative estimate of drug-likeness (QED) is 0.556. The molecule has 1 heterocycles. The van der Waals surface area contributed by atoms with E-state index in [0.717, 1.165) is 5.25 Å². The van der Waals surface area contributed by atoms with E-state index in [0.29, 0.717) is 4.75 Å². The fraction of sp³-hybridized carbons (Fsp3) is 1.00. The van der Waals surface area contributed by atoms with Crippen LogP contribution in [0.5, 0.6) is 0 Å². The molecule has 1 saturated heterocycles. The van der Waals surface area contributed by atoms with Gasteiger partial charge >= 0.3 is 0 Å². The predicted molar refractivity (Wildman–Crippen MR) is 62.8 cm³/mol. The molecular formula is C8H18S3. The highest BCUT2D eigenvalue weighted by atomic mass is 33.5. The second-order valence-corrected chi connectivity index (χ2v) is 13.6. The molecule has 0 saturated carbocycles. The van der Waals surface area contributed by atoms with Gasteiger partial charge in [-0.15, -0.1) is 0 Å². The molecule has 0 aromatic carbocycles. The van der Waals surface area contributed by atoms with Crippen molar-refractivity contribution in [3.63, 3.8) is 0 Å². The molecule has 1 aliphatic heterocycles. The summed E-state index contributed by atoms with van der Waals surface area (Å²) in [4.78, 5) is 0. The minimum Gasteiger partial charge on any atom is -0.183 e. The Morgan fingerprint density at radius 2 is 1.91 bits per heavy atom. The maximum absolute atomic E-state index is 2.44. The van der Waals surface area contributed by atoms with Gasteiger partial charge in [-0.3, -0.25) is 0 Å². The molecule has 0 aromatic heterocycles. The van der Waals surface area contributed by atoms with Gasteiger partial charge in [0.25, 0.3) is 0 Å². The third-order valence-corrected chi connectivity index (χ3v) is 13.6. The largest absolute Gasteiger partial charge is 0.183 e. The number of rotatable bonds is 0. The first-order valence-corrected chi connectivity index (χ1v) is 9.11.